The van der Waals surface area contributed by atoms with Crippen LogP contribution >= 0.6 is 0 Å². The summed E-state index contributed by atoms with van der Waals surface area (Å²) in [5.74, 6) is -1.52. The molecule has 112 valence electrons. The van der Waals surface area contributed by atoms with Crippen molar-refractivity contribution in [2.75, 3.05) is 7.11 Å². The molecule has 0 radical (unpaired) electrons. The molecule has 0 saturated heterocycles. The fourth-order valence-corrected chi connectivity index (χ4v) is 2.29. The summed E-state index contributed by atoms with van der Waals surface area (Å²) in [6, 6.07) is 4.99. The van der Waals surface area contributed by atoms with Gasteiger partial charge in [0.2, 0.25) is 0 Å². The van der Waals surface area contributed by atoms with E-state index < -0.39 is 28.2 Å². The van der Waals surface area contributed by atoms with E-state index in [0.717, 1.165) is 6.08 Å². The SMILES string of the molecule is COc1ccc(CC2([N+](=O)[O-])C(F)=CC(F)=CC2N)cc1. The lowest BCUT2D eigenvalue weighted by molar-refractivity contribution is -0.563. The maximum absolute atomic E-state index is 14.1. The Hall–Kier alpha value is -2.28. The van der Waals surface area contributed by atoms with Gasteiger partial charge in [-0.25, -0.2) is 8.78 Å². The Labute approximate surface area is 119 Å². The Balaban J connectivity index is 2.39. The van der Waals surface area contributed by atoms with Crippen molar-refractivity contribution in [2.24, 2.45) is 5.73 Å². The first-order chi connectivity index (χ1) is 9.90. The van der Waals surface area contributed by atoms with Crippen molar-refractivity contribution in [3.8, 4) is 5.75 Å². The highest BCUT2D eigenvalue weighted by Gasteiger charge is 2.54. The van der Waals surface area contributed by atoms with Crippen LogP contribution in [0, 0.1) is 10.1 Å². The Bertz CT molecular complexity index is 613. The van der Waals surface area contributed by atoms with Gasteiger partial charge in [-0.1, -0.05) is 12.1 Å². The summed E-state index contributed by atoms with van der Waals surface area (Å²) >= 11 is 0. The Morgan fingerprint density at radius 2 is 2.00 bits per heavy atom. The van der Waals surface area contributed by atoms with Gasteiger partial charge >= 0.3 is 0 Å². The first-order valence-electron chi connectivity index (χ1n) is 6.18. The molecule has 1 aromatic rings. The first kappa shape index (κ1) is 15.1. The van der Waals surface area contributed by atoms with Gasteiger partial charge in [0.15, 0.2) is 5.83 Å². The zero-order chi connectivity index (χ0) is 15.6. The zero-order valence-corrected chi connectivity index (χ0v) is 11.3. The molecule has 0 spiro atoms. The van der Waals surface area contributed by atoms with E-state index >= 15 is 0 Å². The van der Waals surface area contributed by atoms with Gasteiger partial charge in [0.25, 0.3) is 5.54 Å². The van der Waals surface area contributed by atoms with Crippen molar-refractivity contribution in [3.63, 3.8) is 0 Å². The maximum atomic E-state index is 14.1. The van der Waals surface area contributed by atoms with Crippen LogP contribution in [0.25, 0.3) is 0 Å². The number of hydrogen-bond acceptors (Lipinski definition) is 4. The second kappa shape index (κ2) is 5.61. The van der Waals surface area contributed by atoms with Crippen molar-refractivity contribution < 1.29 is 18.4 Å². The quantitative estimate of drug-likeness (QED) is 0.683. The largest absolute Gasteiger partial charge is 0.497 e. The Morgan fingerprint density at radius 3 is 2.48 bits per heavy atom. The lowest BCUT2D eigenvalue weighted by Gasteiger charge is -2.30. The van der Waals surface area contributed by atoms with E-state index in [9.17, 15) is 18.9 Å². The topological polar surface area (TPSA) is 78.4 Å². The molecule has 0 aliphatic heterocycles. The normalized spacial score (nSPS) is 25.0. The number of nitrogens with zero attached hydrogens (tertiary/aromatic N) is 1. The van der Waals surface area contributed by atoms with Crippen LogP contribution in [-0.2, 0) is 6.42 Å². The van der Waals surface area contributed by atoms with Gasteiger partial charge in [0, 0.05) is 11.0 Å². The third kappa shape index (κ3) is 2.64. The first-order valence-corrected chi connectivity index (χ1v) is 6.18. The molecule has 1 aliphatic carbocycles. The highest BCUT2D eigenvalue weighted by molar-refractivity contribution is 5.36. The molecule has 0 heterocycles. The summed E-state index contributed by atoms with van der Waals surface area (Å²) in [4.78, 5) is 10.6. The molecule has 7 heteroatoms. The Morgan fingerprint density at radius 1 is 1.38 bits per heavy atom. The molecule has 2 unspecified atom stereocenters. The second-order valence-electron chi connectivity index (χ2n) is 4.78. The standard InChI is InChI=1S/C14H14F2N2O3/c1-21-11-4-2-9(3-5-11)8-14(18(19)20)12(16)6-10(15)7-13(14)17/h2-7,13H,8,17H2,1H3. The van der Waals surface area contributed by atoms with Crippen LogP contribution in [0.2, 0.25) is 0 Å². The molecule has 5 nitrogen and oxygen atoms in total. The number of ether oxygens (including phenoxy) is 1. The number of hydrogen-bond donors (Lipinski definition) is 1. The van der Waals surface area contributed by atoms with Gasteiger partial charge in [-0.05, 0) is 23.8 Å². The van der Waals surface area contributed by atoms with Gasteiger partial charge in [-0.2, -0.15) is 0 Å². The van der Waals surface area contributed by atoms with Gasteiger partial charge in [0.1, 0.15) is 17.6 Å². The number of rotatable bonds is 4. The monoisotopic (exact) mass is 296 g/mol. The zero-order valence-electron chi connectivity index (χ0n) is 11.3. The van der Waals surface area contributed by atoms with Crippen molar-refractivity contribution in [1.29, 1.82) is 0 Å². The molecule has 1 aliphatic rings. The molecule has 2 N–H and O–H groups in total. The van der Waals surface area contributed by atoms with Crippen molar-refractivity contribution in [2.45, 2.75) is 18.0 Å². The summed E-state index contributed by atoms with van der Waals surface area (Å²) < 4.78 is 32.3. The molecular weight excluding hydrogens is 282 g/mol. The minimum Gasteiger partial charge on any atom is -0.497 e. The van der Waals surface area contributed by atoms with Crippen LogP contribution in [-0.4, -0.2) is 23.6 Å². The van der Waals surface area contributed by atoms with Crippen molar-refractivity contribution in [1.82, 2.24) is 0 Å². The van der Waals surface area contributed by atoms with E-state index in [2.05, 4.69) is 0 Å². The van der Waals surface area contributed by atoms with Crippen LogP contribution in [0.15, 0.2) is 48.1 Å². The number of benzene rings is 1. The van der Waals surface area contributed by atoms with E-state index in [1.165, 1.54) is 7.11 Å². The summed E-state index contributed by atoms with van der Waals surface area (Å²) in [5, 5.41) is 11.4. The third-order valence-corrected chi connectivity index (χ3v) is 3.53. The van der Waals surface area contributed by atoms with Gasteiger partial charge in [-0.3, -0.25) is 10.1 Å². The molecule has 0 fully saturated rings. The highest BCUT2D eigenvalue weighted by atomic mass is 19.1. The maximum Gasteiger partial charge on any atom is 0.295 e. The van der Waals surface area contributed by atoms with Crippen LogP contribution < -0.4 is 10.5 Å². The molecule has 0 saturated carbocycles. The predicted octanol–water partition coefficient (Wildman–Crippen LogP) is 2.30. The predicted molar refractivity (Wildman–Crippen MR) is 72.8 cm³/mol. The smallest absolute Gasteiger partial charge is 0.295 e. The van der Waals surface area contributed by atoms with Crippen LogP contribution in [0.1, 0.15) is 5.56 Å². The molecule has 0 amide bonds. The molecule has 0 bridgehead atoms. The minimum absolute atomic E-state index is 0.280. The fraction of sp³-hybridized carbons (Fsp3) is 0.286. The molecule has 0 aromatic heterocycles. The molecule has 2 atom stereocenters. The second-order valence-corrected chi connectivity index (χ2v) is 4.78. The van der Waals surface area contributed by atoms with Crippen molar-refractivity contribution in [3.05, 3.63) is 63.7 Å². The Kier molecular flexibility index (Phi) is 4.04. The molecule has 1 aromatic carbocycles. The fourth-order valence-electron chi connectivity index (χ4n) is 2.29. The lowest BCUT2D eigenvalue weighted by atomic mass is 9.80. The summed E-state index contributed by atoms with van der Waals surface area (Å²) in [6.45, 7) is 0. The average Bonchev–Trinajstić information content (AvgIpc) is 2.43. The van der Waals surface area contributed by atoms with Gasteiger partial charge < -0.3 is 10.5 Å². The number of allylic oxidation sites excluding steroid dienone is 2. The van der Waals surface area contributed by atoms with Crippen LogP contribution in [0.4, 0.5) is 8.78 Å². The average molecular weight is 296 g/mol. The number of nitro groups is 1. The minimum atomic E-state index is -2.19. The number of halogens is 2. The summed E-state index contributed by atoms with van der Waals surface area (Å²) in [5.41, 5.74) is 3.95. The summed E-state index contributed by atoms with van der Waals surface area (Å²) in [7, 11) is 1.49. The lowest BCUT2D eigenvalue weighted by Crippen LogP contribution is -2.56. The van der Waals surface area contributed by atoms with E-state index in [0.29, 0.717) is 17.4 Å². The van der Waals surface area contributed by atoms with Crippen LogP contribution in [0.3, 0.4) is 0 Å². The van der Waals surface area contributed by atoms with E-state index in [-0.39, 0.29) is 6.42 Å². The van der Waals surface area contributed by atoms with Gasteiger partial charge in [0.05, 0.1) is 13.5 Å². The van der Waals surface area contributed by atoms with E-state index in [4.69, 9.17) is 10.5 Å². The highest BCUT2D eigenvalue weighted by Crippen LogP contribution is 2.35. The molecule has 2 rings (SSSR count). The molecular formula is C14H14F2N2O3. The summed E-state index contributed by atoms with van der Waals surface area (Å²) in [6.07, 6.45) is 1.09. The number of nitrogens with two attached hydrogens (primary N) is 1. The van der Waals surface area contributed by atoms with Crippen LogP contribution in [0.5, 0.6) is 5.75 Å². The number of methoxy groups -OCH3 is 1. The van der Waals surface area contributed by atoms with E-state index in [1.54, 1.807) is 24.3 Å². The third-order valence-electron chi connectivity index (χ3n) is 3.53. The van der Waals surface area contributed by atoms with E-state index in [1.807, 2.05) is 0 Å². The van der Waals surface area contributed by atoms with Crippen molar-refractivity contribution >= 4 is 0 Å². The van der Waals surface area contributed by atoms with Gasteiger partial charge in [-0.15, -0.1) is 0 Å². The molecule has 21 heavy (non-hydrogen) atoms.